The van der Waals surface area contributed by atoms with Crippen LogP contribution in [-0.2, 0) is 39.9 Å². The van der Waals surface area contributed by atoms with Crippen molar-refractivity contribution in [3.05, 3.63) is 65.2 Å². The lowest BCUT2D eigenvalue weighted by Crippen LogP contribution is -2.65. The number of urea groups is 1. The first-order valence-corrected chi connectivity index (χ1v) is 20.3. The molecule has 0 radical (unpaired) electrons. The molecule has 7 amide bonds. The SMILES string of the molecule is Cc1ccc(NC(=O)N[C@@H](Cc2cc(F)cc(F)c2)C(=O)N[C@@H]2C(=O)N3CCC[C@H]3C(=O)N3CCCC[C@H]3C(=O)N[C@@H](C)C(=O)N3C[C@H](C)C[C@H]3C(=O)OC2(C)C)cc1. The van der Waals surface area contributed by atoms with Crippen molar-refractivity contribution in [2.45, 2.75) is 121 Å². The number of amides is 7. The number of anilines is 1. The highest BCUT2D eigenvalue weighted by molar-refractivity contribution is 5.99. The Kier molecular flexibility index (Phi) is 12.9. The Labute approximate surface area is 341 Å². The van der Waals surface area contributed by atoms with E-state index >= 15 is 0 Å². The van der Waals surface area contributed by atoms with Crippen LogP contribution < -0.4 is 21.3 Å². The monoisotopic (exact) mass is 821 g/mol. The first kappa shape index (κ1) is 43.0. The number of nitrogens with one attached hydrogen (secondary N) is 4. The van der Waals surface area contributed by atoms with Crippen LogP contribution in [0.2, 0.25) is 0 Å². The standard InChI is InChI=1S/C42H53F2N7O8/c1-23-11-13-29(14-12-23)46-41(58)47-30(20-26-18-27(43)21-28(44)19-26)35(52)48-34-39(56)50-16-8-10-32(50)38(55)49-15-7-6-9-31(49)36(53)45-25(3)37(54)51-22-24(2)17-33(51)40(57)59-42(34,4)5/h11-14,18-19,21,24-25,30-34H,6-10,15-17,20,22H2,1-5H3,(H,45,53)(H,48,52)(H2,46,47,58)/t24-,25+,30+,31+,32+,33+,34-/m1/s1. The van der Waals surface area contributed by atoms with Gasteiger partial charge in [-0.15, -0.1) is 0 Å². The highest BCUT2D eigenvalue weighted by Gasteiger charge is 2.50. The second-order valence-corrected chi connectivity index (χ2v) is 16.8. The second kappa shape index (κ2) is 17.7. The maximum Gasteiger partial charge on any atom is 0.329 e. The van der Waals surface area contributed by atoms with Crippen molar-refractivity contribution in [2.24, 2.45) is 5.92 Å². The molecule has 7 atom stereocenters. The van der Waals surface area contributed by atoms with E-state index in [9.17, 15) is 42.3 Å². The molecule has 0 saturated carbocycles. The second-order valence-electron chi connectivity index (χ2n) is 16.8. The zero-order valence-corrected chi connectivity index (χ0v) is 34.0. The van der Waals surface area contributed by atoms with E-state index in [1.807, 2.05) is 13.8 Å². The fraction of sp³-hybridized carbons (Fsp3) is 0.548. The molecule has 15 nitrogen and oxygen atoms in total. The van der Waals surface area contributed by atoms with Gasteiger partial charge < -0.3 is 40.7 Å². The third-order valence-electron chi connectivity index (χ3n) is 11.6. The average molecular weight is 822 g/mol. The zero-order valence-electron chi connectivity index (χ0n) is 34.0. The Morgan fingerprint density at radius 1 is 0.847 bits per heavy atom. The number of hydrogen-bond donors (Lipinski definition) is 4. The van der Waals surface area contributed by atoms with E-state index in [1.54, 1.807) is 24.3 Å². The maximum absolute atomic E-state index is 14.9. The number of cyclic esters (lactones) is 1. The van der Waals surface area contributed by atoms with E-state index in [1.165, 1.54) is 35.5 Å². The van der Waals surface area contributed by atoms with Crippen LogP contribution in [0.3, 0.4) is 0 Å². The fourth-order valence-corrected chi connectivity index (χ4v) is 8.54. The van der Waals surface area contributed by atoms with Gasteiger partial charge in [0.05, 0.1) is 0 Å². The van der Waals surface area contributed by atoms with Crippen LogP contribution in [-0.4, -0.2) is 118 Å². The molecular weight excluding hydrogens is 768 g/mol. The minimum atomic E-state index is -1.83. The number of ether oxygens (including phenoxy) is 1. The van der Waals surface area contributed by atoms with Gasteiger partial charge >= 0.3 is 12.0 Å². The minimum absolute atomic E-state index is 0.0213. The minimum Gasteiger partial charge on any atom is -0.455 e. The average Bonchev–Trinajstić information content (AvgIpc) is 3.83. The van der Waals surface area contributed by atoms with Crippen molar-refractivity contribution in [3.63, 3.8) is 0 Å². The number of halogens is 2. The molecule has 17 heteroatoms. The number of rotatable bonds is 6. The molecule has 0 unspecified atom stereocenters. The maximum atomic E-state index is 14.9. The van der Waals surface area contributed by atoms with Crippen molar-refractivity contribution in [3.8, 4) is 0 Å². The lowest BCUT2D eigenvalue weighted by molar-refractivity contribution is -0.172. The van der Waals surface area contributed by atoms with E-state index < -0.39 is 101 Å². The highest BCUT2D eigenvalue weighted by atomic mass is 19.1. The molecular formula is C42H53F2N7O8. The molecule has 0 aliphatic carbocycles. The molecule has 318 valence electrons. The van der Waals surface area contributed by atoms with Crippen LogP contribution in [0.15, 0.2) is 42.5 Å². The summed E-state index contributed by atoms with van der Waals surface area (Å²) in [5.74, 6) is -6.00. The summed E-state index contributed by atoms with van der Waals surface area (Å²) in [5.41, 5.74) is -0.479. The zero-order chi connectivity index (χ0) is 42.8. The Bertz CT molecular complexity index is 1960. The number of esters is 1. The molecule has 4 heterocycles. The van der Waals surface area contributed by atoms with E-state index in [0.29, 0.717) is 37.4 Å². The predicted molar refractivity (Wildman–Crippen MR) is 210 cm³/mol. The van der Waals surface area contributed by atoms with Gasteiger partial charge in [-0.2, -0.15) is 0 Å². The van der Waals surface area contributed by atoms with E-state index in [-0.39, 0.29) is 44.0 Å². The quantitative estimate of drug-likeness (QED) is 0.321. The van der Waals surface area contributed by atoms with E-state index in [2.05, 4.69) is 21.3 Å². The molecule has 2 aromatic rings. The number of carbonyl (C=O) groups excluding carboxylic acids is 7. The number of hydrogen-bond acceptors (Lipinski definition) is 8. The highest BCUT2D eigenvalue weighted by Crippen LogP contribution is 2.31. The Hall–Kier alpha value is -5.61. The van der Waals surface area contributed by atoms with Crippen LogP contribution in [0.5, 0.6) is 0 Å². The molecule has 4 aliphatic rings. The van der Waals surface area contributed by atoms with Crippen LogP contribution in [0, 0.1) is 24.5 Å². The van der Waals surface area contributed by atoms with Gasteiger partial charge in [0.15, 0.2) is 0 Å². The molecule has 4 N–H and O–H groups in total. The van der Waals surface area contributed by atoms with Crippen molar-refractivity contribution >= 4 is 47.2 Å². The molecule has 4 aliphatic heterocycles. The van der Waals surface area contributed by atoms with Crippen molar-refractivity contribution in [1.29, 1.82) is 0 Å². The van der Waals surface area contributed by atoms with Crippen LogP contribution in [0.4, 0.5) is 19.3 Å². The van der Waals surface area contributed by atoms with Gasteiger partial charge in [-0.05, 0) is 102 Å². The van der Waals surface area contributed by atoms with Crippen LogP contribution >= 0.6 is 0 Å². The molecule has 0 bridgehead atoms. The lowest BCUT2D eigenvalue weighted by Gasteiger charge is -2.41. The third kappa shape index (κ3) is 9.82. The van der Waals surface area contributed by atoms with Gasteiger partial charge in [0.1, 0.15) is 53.5 Å². The number of aryl methyl sites for hydroxylation is 1. The lowest BCUT2D eigenvalue weighted by atomic mass is 9.94. The summed E-state index contributed by atoms with van der Waals surface area (Å²) in [6, 6.07) is 1.44. The molecule has 0 spiro atoms. The van der Waals surface area contributed by atoms with Gasteiger partial charge in [-0.1, -0.05) is 24.6 Å². The molecule has 6 rings (SSSR count). The molecule has 2 aromatic carbocycles. The normalized spacial score (nSPS) is 26.9. The largest absolute Gasteiger partial charge is 0.455 e. The first-order chi connectivity index (χ1) is 27.9. The van der Waals surface area contributed by atoms with Crippen LogP contribution in [0.25, 0.3) is 0 Å². The summed E-state index contributed by atoms with van der Waals surface area (Å²) < 4.78 is 34.8. The Morgan fingerprint density at radius 2 is 1.49 bits per heavy atom. The number of benzene rings is 2. The smallest absolute Gasteiger partial charge is 0.329 e. The van der Waals surface area contributed by atoms with E-state index in [0.717, 1.165) is 17.7 Å². The fourth-order valence-electron chi connectivity index (χ4n) is 8.54. The van der Waals surface area contributed by atoms with Gasteiger partial charge in [-0.25, -0.2) is 18.4 Å². The van der Waals surface area contributed by atoms with Gasteiger partial charge in [0.25, 0.3) is 0 Å². The first-order valence-electron chi connectivity index (χ1n) is 20.3. The summed E-state index contributed by atoms with van der Waals surface area (Å²) in [4.78, 5) is 103. The summed E-state index contributed by atoms with van der Waals surface area (Å²) in [5, 5.41) is 10.6. The summed E-state index contributed by atoms with van der Waals surface area (Å²) in [6.07, 6.45) is 2.14. The Morgan fingerprint density at radius 3 is 2.19 bits per heavy atom. The van der Waals surface area contributed by atoms with Crippen molar-refractivity contribution in [2.75, 3.05) is 25.0 Å². The summed E-state index contributed by atoms with van der Waals surface area (Å²) in [6.45, 7) is 8.66. The van der Waals surface area contributed by atoms with Crippen LogP contribution in [0.1, 0.15) is 77.3 Å². The van der Waals surface area contributed by atoms with Gasteiger partial charge in [0, 0.05) is 37.8 Å². The molecule has 59 heavy (non-hydrogen) atoms. The number of piperidine rings is 1. The molecule has 4 fully saturated rings. The number of carbonyl (C=O) groups is 7. The summed E-state index contributed by atoms with van der Waals surface area (Å²) >= 11 is 0. The summed E-state index contributed by atoms with van der Waals surface area (Å²) in [7, 11) is 0. The van der Waals surface area contributed by atoms with Gasteiger partial charge in [0.2, 0.25) is 29.5 Å². The third-order valence-corrected chi connectivity index (χ3v) is 11.6. The topological polar surface area (TPSA) is 187 Å². The predicted octanol–water partition coefficient (Wildman–Crippen LogP) is 2.94. The molecule has 4 saturated heterocycles. The number of nitrogens with zero attached hydrogens (tertiary/aromatic N) is 3. The van der Waals surface area contributed by atoms with Crippen molar-refractivity contribution in [1.82, 2.24) is 30.7 Å². The van der Waals surface area contributed by atoms with E-state index in [4.69, 9.17) is 4.74 Å². The van der Waals surface area contributed by atoms with Crippen molar-refractivity contribution < 1.29 is 47.1 Å². The number of fused-ring (bicyclic) bond motifs is 3. The Balaban J connectivity index is 1.37. The van der Waals surface area contributed by atoms with Gasteiger partial charge in [-0.3, -0.25) is 24.0 Å². The molecule has 0 aromatic heterocycles.